The molecule has 1 aromatic carbocycles. The number of pyridine rings is 1. The molecule has 3 rings (SSSR count). The third-order valence-electron chi connectivity index (χ3n) is 2.85. The third-order valence-corrected chi connectivity index (χ3v) is 2.85. The highest BCUT2D eigenvalue weighted by molar-refractivity contribution is 5.93. The van der Waals surface area contributed by atoms with Gasteiger partial charge in [-0.3, -0.25) is 4.98 Å². The molecule has 84 valence electrons. The van der Waals surface area contributed by atoms with Gasteiger partial charge in [0.1, 0.15) is 5.69 Å². The van der Waals surface area contributed by atoms with Crippen LogP contribution in [0.5, 0.6) is 0 Å². The molecule has 4 nitrogen and oxygen atoms in total. The van der Waals surface area contributed by atoms with Gasteiger partial charge in [-0.1, -0.05) is 29.4 Å². The lowest BCUT2D eigenvalue weighted by atomic mass is 10.0. The van der Waals surface area contributed by atoms with Crippen LogP contribution in [0.3, 0.4) is 0 Å². The minimum Gasteiger partial charge on any atom is -0.367 e. The maximum Gasteiger partial charge on any atom is 0.225 e. The summed E-state index contributed by atoms with van der Waals surface area (Å²) in [5, 5.41) is 5.07. The maximum atomic E-state index is 5.67. The van der Waals surface area contributed by atoms with Gasteiger partial charge < -0.3 is 10.3 Å². The van der Waals surface area contributed by atoms with Gasteiger partial charge in [0.25, 0.3) is 0 Å². The van der Waals surface area contributed by atoms with E-state index in [2.05, 4.69) is 10.1 Å². The Labute approximate surface area is 98.1 Å². The molecule has 3 aromatic rings. The van der Waals surface area contributed by atoms with Gasteiger partial charge in [0.15, 0.2) is 0 Å². The lowest BCUT2D eigenvalue weighted by Crippen LogP contribution is -1.88. The summed E-state index contributed by atoms with van der Waals surface area (Å²) >= 11 is 0. The zero-order valence-electron chi connectivity index (χ0n) is 9.34. The van der Waals surface area contributed by atoms with Crippen molar-refractivity contribution < 1.29 is 4.52 Å². The Hall–Kier alpha value is -2.36. The largest absolute Gasteiger partial charge is 0.367 e. The number of aromatic nitrogens is 2. The van der Waals surface area contributed by atoms with Crippen LogP contribution in [0.2, 0.25) is 0 Å². The second-order valence-electron chi connectivity index (χ2n) is 3.90. The van der Waals surface area contributed by atoms with Crippen LogP contribution in [0.25, 0.3) is 22.2 Å². The van der Waals surface area contributed by atoms with Crippen LogP contribution >= 0.6 is 0 Å². The van der Waals surface area contributed by atoms with E-state index in [9.17, 15) is 0 Å². The molecule has 0 saturated heterocycles. The van der Waals surface area contributed by atoms with Gasteiger partial charge in [0, 0.05) is 22.7 Å². The molecule has 0 radical (unpaired) electrons. The summed E-state index contributed by atoms with van der Waals surface area (Å²) in [6, 6.07) is 9.90. The number of para-hydroxylation sites is 1. The van der Waals surface area contributed by atoms with Crippen LogP contribution in [0.1, 0.15) is 5.56 Å². The topological polar surface area (TPSA) is 64.9 Å². The standard InChI is InChI=1S/C13H11N3O/c1-8-11(16-17-13(8)14)10-6-2-4-9-5-3-7-15-12(9)10/h2-7H,14H2,1H3. The average Bonchev–Trinajstić information content (AvgIpc) is 2.69. The molecular weight excluding hydrogens is 214 g/mol. The average molecular weight is 225 g/mol. The van der Waals surface area contributed by atoms with Crippen LogP contribution in [-0.2, 0) is 0 Å². The van der Waals surface area contributed by atoms with Crippen LogP contribution < -0.4 is 5.73 Å². The monoisotopic (exact) mass is 225 g/mol. The number of nitrogen functional groups attached to an aromatic ring is 1. The molecule has 0 atom stereocenters. The number of nitrogens with zero attached hydrogens (tertiary/aromatic N) is 2. The van der Waals surface area contributed by atoms with E-state index in [4.69, 9.17) is 10.3 Å². The van der Waals surface area contributed by atoms with Gasteiger partial charge in [-0.25, -0.2) is 0 Å². The Balaban J connectivity index is 2.34. The van der Waals surface area contributed by atoms with Crippen molar-refractivity contribution in [2.45, 2.75) is 6.92 Å². The Morgan fingerprint density at radius 2 is 2.00 bits per heavy atom. The van der Waals surface area contributed by atoms with Crippen molar-refractivity contribution >= 4 is 16.8 Å². The van der Waals surface area contributed by atoms with Crippen LogP contribution in [0.4, 0.5) is 5.88 Å². The van der Waals surface area contributed by atoms with E-state index in [0.717, 1.165) is 27.7 Å². The molecule has 0 aliphatic heterocycles. The number of nitrogens with two attached hydrogens (primary N) is 1. The van der Waals surface area contributed by atoms with Crippen LogP contribution in [0.15, 0.2) is 41.1 Å². The van der Waals surface area contributed by atoms with E-state index in [-0.39, 0.29) is 0 Å². The predicted molar refractivity (Wildman–Crippen MR) is 66.4 cm³/mol. The van der Waals surface area contributed by atoms with Crippen molar-refractivity contribution in [2.75, 3.05) is 5.73 Å². The van der Waals surface area contributed by atoms with Gasteiger partial charge in [0.2, 0.25) is 5.88 Å². The number of benzene rings is 1. The Kier molecular flexibility index (Phi) is 2.08. The molecular formula is C13H11N3O. The van der Waals surface area contributed by atoms with Crippen LogP contribution in [-0.4, -0.2) is 10.1 Å². The number of hydrogen-bond acceptors (Lipinski definition) is 4. The maximum absolute atomic E-state index is 5.67. The second-order valence-corrected chi connectivity index (χ2v) is 3.90. The molecule has 17 heavy (non-hydrogen) atoms. The highest BCUT2D eigenvalue weighted by Gasteiger charge is 2.13. The van der Waals surface area contributed by atoms with E-state index in [0.29, 0.717) is 5.88 Å². The number of hydrogen-bond donors (Lipinski definition) is 1. The smallest absolute Gasteiger partial charge is 0.225 e. The highest BCUT2D eigenvalue weighted by Crippen LogP contribution is 2.30. The summed E-state index contributed by atoms with van der Waals surface area (Å²) in [5.41, 5.74) is 9.13. The van der Waals surface area contributed by atoms with Crippen molar-refractivity contribution in [1.82, 2.24) is 10.1 Å². The van der Waals surface area contributed by atoms with Gasteiger partial charge in [-0.2, -0.15) is 0 Å². The van der Waals surface area contributed by atoms with Crippen molar-refractivity contribution in [3.05, 3.63) is 42.1 Å². The molecule has 0 amide bonds. The third kappa shape index (κ3) is 1.45. The summed E-state index contributed by atoms with van der Waals surface area (Å²) in [7, 11) is 0. The first-order valence-corrected chi connectivity index (χ1v) is 5.33. The first-order chi connectivity index (χ1) is 8.27. The van der Waals surface area contributed by atoms with E-state index < -0.39 is 0 Å². The summed E-state index contributed by atoms with van der Waals surface area (Å²) in [6.07, 6.45) is 1.77. The summed E-state index contributed by atoms with van der Waals surface area (Å²) in [6.45, 7) is 1.89. The normalized spacial score (nSPS) is 10.9. The van der Waals surface area contributed by atoms with Crippen molar-refractivity contribution in [3.8, 4) is 11.3 Å². The zero-order chi connectivity index (χ0) is 11.8. The summed E-state index contributed by atoms with van der Waals surface area (Å²) < 4.78 is 5.00. The van der Waals surface area contributed by atoms with Gasteiger partial charge in [-0.15, -0.1) is 0 Å². The molecule has 0 saturated carbocycles. The number of rotatable bonds is 1. The Morgan fingerprint density at radius 1 is 1.18 bits per heavy atom. The molecule has 2 N–H and O–H groups in total. The van der Waals surface area contributed by atoms with Crippen molar-refractivity contribution in [3.63, 3.8) is 0 Å². The molecule has 0 aliphatic rings. The molecule has 0 spiro atoms. The van der Waals surface area contributed by atoms with E-state index in [1.807, 2.05) is 37.3 Å². The van der Waals surface area contributed by atoms with E-state index >= 15 is 0 Å². The lowest BCUT2D eigenvalue weighted by Gasteiger charge is -2.02. The predicted octanol–water partition coefficient (Wildman–Crippen LogP) is 2.78. The summed E-state index contributed by atoms with van der Waals surface area (Å²) in [5.74, 6) is 0.355. The molecule has 4 heteroatoms. The molecule has 0 unspecified atom stereocenters. The fraction of sp³-hybridized carbons (Fsp3) is 0.0769. The lowest BCUT2D eigenvalue weighted by molar-refractivity contribution is 0.439. The van der Waals surface area contributed by atoms with Gasteiger partial charge in [-0.05, 0) is 13.0 Å². The van der Waals surface area contributed by atoms with Gasteiger partial charge in [0.05, 0.1) is 5.52 Å². The molecule has 2 aromatic heterocycles. The fourth-order valence-electron chi connectivity index (χ4n) is 1.89. The number of anilines is 1. The minimum atomic E-state index is 0.355. The molecule has 0 fully saturated rings. The molecule has 0 aliphatic carbocycles. The van der Waals surface area contributed by atoms with Crippen LogP contribution in [0, 0.1) is 6.92 Å². The zero-order valence-corrected chi connectivity index (χ0v) is 9.34. The molecule has 0 bridgehead atoms. The van der Waals surface area contributed by atoms with Gasteiger partial charge >= 0.3 is 0 Å². The second kappa shape index (κ2) is 3.59. The van der Waals surface area contributed by atoms with Crippen molar-refractivity contribution in [2.24, 2.45) is 0 Å². The Bertz CT molecular complexity index is 683. The first kappa shape index (κ1) is 9.84. The van der Waals surface area contributed by atoms with E-state index in [1.165, 1.54) is 0 Å². The van der Waals surface area contributed by atoms with Crippen molar-refractivity contribution in [1.29, 1.82) is 0 Å². The fourth-order valence-corrected chi connectivity index (χ4v) is 1.89. The number of fused-ring (bicyclic) bond motifs is 1. The molecule has 2 heterocycles. The quantitative estimate of drug-likeness (QED) is 0.691. The first-order valence-electron chi connectivity index (χ1n) is 5.33. The summed E-state index contributed by atoms with van der Waals surface area (Å²) in [4.78, 5) is 4.39. The minimum absolute atomic E-state index is 0.355. The highest BCUT2D eigenvalue weighted by atomic mass is 16.5. The Morgan fingerprint density at radius 3 is 2.76 bits per heavy atom. The SMILES string of the molecule is Cc1c(-c2cccc3cccnc23)noc1N. The van der Waals surface area contributed by atoms with E-state index in [1.54, 1.807) is 6.20 Å².